The molecule has 0 atom stereocenters. The van der Waals surface area contributed by atoms with Gasteiger partial charge in [-0.2, -0.15) is 4.98 Å². The summed E-state index contributed by atoms with van der Waals surface area (Å²) in [6.45, 7) is 18.2. The zero-order chi connectivity index (χ0) is 19.2. The molecule has 0 amide bonds. The lowest BCUT2D eigenvalue weighted by Crippen LogP contribution is -2.56. The lowest BCUT2D eigenvalue weighted by atomic mass is 9.97. The largest absolute Gasteiger partial charge is 0.379 e. The van der Waals surface area contributed by atoms with Gasteiger partial charge in [0.1, 0.15) is 6.54 Å². The highest BCUT2D eigenvalue weighted by atomic mass is 16.5. The Labute approximate surface area is 156 Å². The quantitative estimate of drug-likeness (QED) is 0.583. The molecule has 148 valence electrons. The van der Waals surface area contributed by atoms with Gasteiger partial charge in [-0.05, 0) is 20.8 Å². The predicted octanol–water partition coefficient (Wildman–Crippen LogP) is 1.53. The van der Waals surface area contributed by atoms with Crippen LogP contribution >= 0.6 is 0 Å². The van der Waals surface area contributed by atoms with Crippen LogP contribution in [0.25, 0.3) is 0 Å². The van der Waals surface area contributed by atoms with Gasteiger partial charge in [-0.25, -0.2) is 4.99 Å². The van der Waals surface area contributed by atoms with E-state index in [-0.39, 0.29) is 11.0 Å². The number of hydrogen-bond acceptors (Lipinski definition) is 6. The molecule has 8 nitrogen and oxygen atoms in total. The molecule has 2 rings (SSSR count). The van der Waals surface area contributed by atoms with Crippen LogP contribution in [0.2, 0.25) is 0 Å². The predicted molar refractivity (Wildman–Crippen MR) is 102 cm³/mol. The summed E-state index contributed by atoms with van der Waals surface area (Å²) in [6.07, 6.45) is 0. The lowest BCUT2D eigenvalue weighted by molar-refractivity contribution is -0.00834. The number of nitrogens with one attached hydrogen (secondary N) is 2. The van der Waals surface area contributed by atoms with Gasteiger partial charge in [-0.3, -0.25) is 4.90 Å². The SMILES string of the molecule is CCNC(=NCc1noc(C(C)(C)C)n1)NCC(C)(C)N1CCOCC1. The highest BCUT2D eigenvalue weighted by molar-refractivity contribution is 5.79. The number of aliphatic imine (C=N–C) groups is 1. The minimum atomic E-state index is -0.153. The van der Waals surface area contributed by atoms with E-state index in [0.29, 0.717) is 18.3 Å². The second kappa shape index (κ2) is 8.81. The number of morpholine rings is 1. The van der Waals surface area contributed by atoms with Gasteiger partial charge in [0.05, 0.1) is 13.2 Å². The lowest BCUT2D eigenvalue weighted by Gasteiger charge is -2.41. The van der Waals surface area contributed by atoms with Crippen molar-refractivity contribution in [2.45, 2.75) is 59.0 Å². The molecule has 8 heteroatoms. The Hall–Kier alpha value is -1.67. The van der Waals surface area contributed by atoms with Gasteiger partial charge in [0, 0.05) is 37.1 Å². The van der Waals surface area contributed by atoms with Gasteiger partial charge in [0.15, 0.2) is 11.8 Å². The van der Waals surface area contributed by atoms with Gasteiger partial charge in [0.2, 0.25) is 5.89 Å². The summed E-state index contributed by atoms with van der Waals surface area (Å²) in [5.41, 5.74) is -0.134. The van der Waals surface area contributed by atoms with Crippen molar-refractivity contribution < 1.29 is 9.26 Å². The summed E-state index contributed by atoms with van der Waals surface area (Å²) in [5.74, 6) is 1.99. The molecule has 2 N–H and O–H groups in total. The Morgan fingerprint density at radius 1 is 1.15 bits per heavy atom. The van der Waals surface area contributed by atoms with Gasteiger partial charge < -0.3 is 19.9 Å². The van der Waals surface area contributed by atoms with E-state index in [1.165, 1.54) is 0 Å². The van der Waals surface area contributed by atoms with Crippen LogP contribution in [-0.4, -0.2) is 65.9 Å². The van der Waals surface area contributed by atoms with Crippen molar-refractivity contribution in [2.24, 2.45) is 4.99 Å². The molecule has 0 aliphatic carbocycles. The summed E-state index contributed by atoms with van der Waals surface area (Å²) < 4.78 is 10.8. The van der Waals surface area contributed by atoms with Crippen molar-refractivity contribution in [1.29, 1.82) is 0 Å². The van der Waals surface area contributed by atoms with E-state index >= 15 is 0 Å². The molecule has 0 bridgehead atoms. The third kappa shape index (κ3) is 5.95. The standard InChI is InChI=1S/C18H34N6O2/c1-7-19-16(20-12-14-22-15(26-23-14)17(2,3)4)21-13-18(5,6)24-8-10-25-11-9-24/h7-13H2,1-6H3,(H2,19,20,21). The molecule has 0 unspecified atom stereocenters. The average Bonchev–Trinajstić information content (AvgIpc) is 3.07. The first kappa shape index (κ1) is 20.6. The Morgan fingerprint density at radius 2 is 1.85 bits per heavy atom. The second-order valence-corrected chi connectivity index (χ2v) is 8.23. The van der Waals surface area contributed by atoms with Crippen LogP contribution in [-0.2, 0) is 16.7 Å². The summed E-state index contributed by atoms with van der Waals surface area (Å²) in [5, 5.41) is 10.7. The third-order valence-electron chi connectivity index (χ3n) is 4.39. The van der Waals surface area contributed by atoms with Crippen LogP contribution in [0.15, 0.2) is 9.52 Å². The maximum atomic E-state index is 5.45. The normalized spacial score (nSPS) is 17.4. The van der Waals surface area contributed by atoms with Crippen molar-refractivity contribution in [3.05, 3.63) is 11.7 Å². The first-order valence-corrected chi connectivity index (χ1v) is 9.40. The maximum absolute atomic E-state index is 5.45. The van der Waals surface area contributed by atoms with Crippen molar-refractivity contribution in [3.63, 3.8) is 0 Å². The van der Waals surface area contributed by atoms with Crippen LogP contribution in [0.4, 0.5) is 0 Å². The molecule has 0 radical (unpaired) electrons. The fourth-order valence-corrected chi connectivity index (χ4v) is 2.69. The smallest absolute Gasteiger partial charge is 0.232 e. The zero-order valence-corrected chi connectivity index (χ0v) is 17.1. The Kier molecular flexibility index (Phi) is 7.00. The Balaban J connectivity index is 1.94. The van der Waals surface area contributed by atoms with Crippen LogP contribution < -0.4 is 10.6 Å². The molecule has 1 aromatic heterocycles. The van der Waals surface area contributed by atoms with E-state index in [4.69, 9.17) is 9.26 Å². The highest BCUT2D eigenvalue weighted by Gasteiger charge is 2.28. The minimum absolute atomic E-state index is 0.0194. The monoisotopic (exact) mass is 366 g/mol. The average molecular weight is 367 g/mol. The van der Waals surface area contributed by atoms with Crippen molar-refractivity contribution in [1.82, 2.24) is 25.7 Å². The minimum Gasteiger partial charge on any atom is -0.379 e. The zero-order valence-electron chi connectivity index (χ0n) is 17.1. The third-order valence-corrected chi connectivity index (χ3v) is 4.39. The fraction of sp³-hybridized carbons (Fsp3) is 0.833. The topological polar surface area (TPSA) is 87.8 Å². The molecule has 0 aromatic carbocycles. The molecule has 1 fully saturated rings. The summed E-state index contributed by atoms with van der Waals surface area (Å²) >= 11 is 0. The maximum Gasteiger partial charge on any atom is 0.232 e. The van der Waals surface area contributed by atoms with E-state index in [9.17, 15) is 0 Å². The number of aromatic nitrogens is 2. The fourth-order valence-electron chi connectivity index (χ4n) is 2.69. The molecule has 26 heavy (non-hydrogen) atoms. The second-order valence-electron chi connectivity index (χ2n) is 8.23. The Bertz CT molecular complexity index is 585. The van der Waals surface area contributed by atoms with Gasteiger partial charge in [0.25, 0.3) is 0 Å². The number of nitrogens with zero attached hydrogens (tertiary/aromatic N) is 4. The highest BCUT2D eigenvalue weighted by Crippen LogP contribution is 2.19. The molecule has 1 aromatic rings. The van der Waals surface area contributed by atoms with E-state index in [0.717, 1.165) is 45.4 Å². The van der Waals surface area contributed by atoms with E-state index < -0.39 is 0 Å². The Morgan fingerprint density at radius 3 is 2.42 bits per heavy atom. The summed E-state index contributed by atoms with van der Waals surface area (Å²) in [4.78, 5) is 11.5. The van der Waals surface area contributed by atoms with Gasteiger partial charge >= 0.3 is 0 Å². The van der Waals surface area contributed by atoms with Crippen molar-refractivity contribution in [2.75, 3.05) is 39.4 Å². The number of hydrogen-bond donors (Lipinski definition) is 2. The molecule has 1 aliphatic rings. The van der Waals surface area contributed by atoms with Gasteiger partial charge in [-0.1, -0.05) is 25.9 Å². The molecule has 2 heterocycles. The molecular formula is C18H34N6O2. The van der Waals surface area contributed by atoms with Crippen molar-refractivity contribution in [3.8, 4) is 0 Å². The van der Waals surface area contributed by atoms with E-state index in [1.54, 1.807) is 0 Å². The van der Waals surface area contributed by atoms with Crippen LogP contribution in [0, 0.1) is 0 Å². The molecule has 1 aliphatic heterocycles. The number of guanidine groups is 1. The summed E-state index contributed by atoms with van der Waals surface area (Å²) in [7, 11) is 0. The molecule has 0 saturated carbocycles. The van der Waals surface area contributed by atoms with Crippen molar-refractivity contribution >= 4 is 5.96 Å². The number of ether oxygens (including phenoxy) is 1. The number of rotatable bonds is 6. The van der Waals surface area contributed by atoms with Crippen LogP contribution in [0.3, 0.4) is 0 Å². The van der Waals surface area contributed by atoms with Crippen LogP contribution in [0.1, 0.15) is 53.3 Å². The van der Waals surface area contributed by atoms with Gasteiger partial charge in [-0.15, -0.1) is 0 Å². The first-order valence-electron chi connectivity index (χ1n) is 9.40. The first-order chi connectivity index (χ1) is 12.2. The molecular weight excluding hydrogens is 332 g/mol. The van der Waals surface area contributed by atoms with E-state index in [1.807, 2.05) is 20.8 Å². The van der Waals surface area contributed by atoms with Crippen LogP contribution in [0.5, 0.6) is 0 Å². The molecule has 0 spiro atoms. The van der Waals surface area contributed by atoms with E-state index in [2.05, 4.69) is 51.4 Å². The summed E-state index contributed by atoms with van der Waals surface area (Å²) in [6, 6.07) is 0. The molecule has 1 saturated heterocycles.